The van der Waals surface area contributed by atoms with E-state index in [0.717, 1.165) is 21.7 Å². The largest absolute Gasteiger partial charge is 0.467 e. The van der Waals surface area contributed by atoms with E-state index in [9.17, 15) is 8.78 Å². The minimum absolute atomic E-state index is 0.183. The Labute approximate surface area is 159 Å². The van der Waals surface area contributed by atoms with Gasteiger partial charge in [-0.3, -0.25) is 0 Å². The number of ether oxygens (including phenoxy) is 2. The lowest BCUT2D eigenvalue weighted by Crippen LogP contribution is -2.15. The van der Waals surface area contributed by atoms with Crippen molar-refractivity contribution in [3.63, 3.8) is 0 Å². The highest BCUT2D eigenvalue weighted by atomic mass is 32.1. The summed E-state index contributed by atoms with van der Waals surface area (Å²) >= 11 is 1.45. The van der Waals surface area contributed by atoms with Gasteiger partial charge < -0.3 is 14.8 Å². The van der Waals surface area contributed by atoms with Crippen LogP contribution in [0.4, 0.5) is 13.9 Å². The highest BCUT2D eigenvalue weighted by molar-refractivity contribution is 7.15. The first-order valence-electron chi connectivity index (χ1n) is 8.50. The number of fused-ring (bicyclic) bond motifs is 1. The van der Waals surface area contributed by atoms with E-state index >= 15 is 0 Å². The molecule has 0 bridgehead atoms. The molecule has 4 rings (SSSR count). The maximum Gasteiger partial charge on any atom is 0.205 e. The first-order chi connectivity index (χ1) is 13.2. The van der Waals surface area contributed by atoms with Crippen molar-refractivity contribution in [2.75, 3.05) is 18.7 Å². The van der Waals surface area contributed by atoms with Crippen LogP contribution in [0.25, 0.3) is 0 Å². The van der Waals surface area contributed by atoms with Crippen molar-refractivity contribution in [1.29, 1.82) is 0 Å². The van der Waals surface area contributed by atoms with E-state index in [1.165, 1.54) is 35.6 Å². The molecule has 0 fully saturated rings. The van der Waals surface area contributed by atoms with Gasteiger partial charge in [0.05, 0.1) is 6.61 Å². The fourth-order valence-corrected chi connectivity index (χ4v) is 3.72. The summed E-state index contributed by atoms with van der Waals surface area (Å²) in [7, 11) is 0. The lowest BCUT2D eigenvalue weighted by molar-refractivity contribution is -0.0172. The summed E-state index contributed by atoms with van der Waals surface area (Å²) in [5.41, 5.74) is 2.51. The number of benzene rings is 2. The van der Waals surface area contributed by atoms with Gasteiger partial charge in [0, 0.05) is 18.5 Å². The molecule has 0 radical (unpaired) electrons. The molecule has 8 heteroatoms. The second kappa shape index (κ2) is 7.98. The highest BCUT2D eigenvalue weighted by Gasteiger charge is 2.17. The Balaban J connectivity index is 1.35. The van der Waals surface area contributed by atoms with Gasteiger partial charge in [-0.05, 0) is 41.8 Å². The van der Waals surface area contributed by atoms with Crippen molar-refractivity contribution in [3.8, 4) is 5.75 Å². The van der Waals surface area contributed by atoms with Gasteiger partial charge in [0.25, 0.3) is 0 Å². The zero-order chi connectivity index (χ0) is 18.6. The van der Waals surface area contributed by atoms with Crippen LogP contribution in [0.15, 0.2) is 36.4 Å². The number of nitrogens with one attached hydrogen (secondary N) is 1. The summed E-state index contributed by atoms with van der Waals surface area (Å²) in [4.78, 5) is 0. The monoisotopic (exact) mass is 389 g/mol. The molecule has 0 saturated carbocycles. The van der Waals surface area contributed by atoms with Crippen LogP contribution >= 0.6 is 11.3 Å². The molecule has 0 unspecified atom stereocenters. The lowest BCUT2D eigenvalue weighted by Gasteiger charge is -2.20. The van der Waals surface area contributed by atoms with Crippen molar-refractivity contribution in [3.05, 3.63) is 69.7 Å². The molecule has 0 spiro atoms. The third-order valence-corrected chi connectivity index (χ3v) is 5.04. The van der Waals surface area contributed by atoms with Gasteiger partial charge in [0.1, 0.15) is 22.4 Å². The maximum absolute atomic E-state index is 13.8. The quantitative estimate of drug-likeness (QED) is 0.692. The van der Waals surface area contributed by atoms with Crippen LogP contribution in [0.3, 0.4) is 0 Å². The number of anilines is 1. The molecule has 140 valence electrons. The zero-order valence-electron chi connectivity index (χ0n) is 14.4. The van der Waals surface area contributed by atoms with E-state index in [4.69, 9.17) is 9.47 Å². The summed E-state index contributed by atoms with van der Waals surface area (Å²) in [5, 5.41) is 13.0. The second-order valence-electron chi connectivity index (χ2n) is 6.14. The first kappa shape index (κ1) is 17.8. The Morgan fingerprint density at radius 1 is 1.07 bits per heavy atom. The minimum atomic E-state index is -0.296. The third kappa shape index (κ3) is 4.40. The number of rotatable bonds is 6. The van der Waals surface area contributed by atoms with E-state index in [1.54, 1.807) is 12.1 Å². The van der Waals surface area contributed by atoms with Gasteiger partial charge in [-0.2, -0.15) is 0 Å². The summed E-state index contributed by atoms with van der Waals surface area (Å²) in [6.45, 7) is 1.12. The number of hydrogen-bond donors (Lipinski definition) is 1. The lowest BCUT2D eigenvalue weighted by atomic mass is 10.1. The molecule has 3 aromatic rings. The van der Waals surface area contributed by atoms with Crippen LogP contribution < -0.4 is 10.1 Å². The molecule has 0 amide bonds. The zero-order valence-corrected chi connectivity index (χ0v) is 15.2. The second-order valence-corrected chi connectivity index (χ2v) is 7.21. The Bertz CT molecular complexity index is 931. The number of nitrogens with zero attached hydrogens (tertiary/aromatic N) is 2. The summed E-state index contributed by atoms with van der Waals surface area (Å²) in [5.74, 6) is 0.155. The van der Waals surface area contributed by atoms with Crippen LogP contribution in [0.2, 0.25) is 0 Å². The van der Waals surface area contributed by atoms with Crippen molar-refractivity contribution in [1.82, 2.24) is 10.2 Å². The maximum atomic E-state index is 13.8. The summed E-state index contributed by atoms with van der Waals surface area (Å²) in [6.07, 6.45) is 1.19. The van der Waals surface area contributed by atoms with Crippen molar-refractivity contribution in [2.45, 2.75) is 19.4 Å². The molecule has 1 aliphatic heterocycles. The van der Waals surface area contributed by atoms with Crippen LogP contribution in [-0.4, -0.2) is 23.5 Å². The molecule has 0 saturated heterocycles. The number of hydrogen-bond acceptors (Lipinski definition) is 6. The Morgan fingerprint density at radius 3 is 2.78 bits per heavy atom. The fraction of sp³-hybridized carbons (Fsp3) is 0.263. The van der Waals surface area contributed by atoms with Crippen LogP contribution in [-0.2, 0) is 24.2 Å². The Hall–Kier alpha value is -2.58. The Morgan fingerprint density at radius 2 is 1.93 bits per heavy atom. The molecular weight excluding hydrogens is 372 g/mol. The molecule has 2 heterocycles. The van der Waals surface area contributed by atoms with Crippen LogP contribution in [0.5, 0.6) is 5.75 Å². The molecule has 1 aliphatic rings. The molecule has 27 heavy (non-hydrogen) atoms. The molecule has 2 aromatic carbocycles. The SMILES string of the molecule is Fc1ccc(Cc2nnc(NCCc3cc(F)cc4c3OCOC4)s2)cc1. The smallest absolute Gasteiger partial charge is 0.205 e. The van der Waals surface area contributed by atoms with Gasteiger partial charge in [0.15, 0.2) is 6.79 Å². The van der Waals surface area contributed by atoms with Crippen molar-refractivity contribution < 1.29 is 18.3 Å². The van der Waals surface area contributed by atoms with E-state index in [1.807, 2.05) is 0 Å². The van der Waals surface area contributed by atoms with Crippen molar-refractivity contribution >= 4 is 16.5 Å². The van der Waals surface area contributed by atoms with Gasteiger partial charge in [0.2, 0.25) is 5.13 Å². The predicted molar refractivity (Wildman–Crippen MR) is 98.0 cm³/mol. The first-order valence-corrected chi connectivity index (χ1v) is 9.31. The van der Waals surface area contributed by atoms with E-state index in [0.29, 0.717) is 36.9 Å². The topological polar surface area (TPSA) is 56.3 Å². The van der Waals surface area contributed by atoms with Gasteiger partial charge >= 0.3 is 0 Å². The molecule has 5 nitrogen and oxygen atoms in total. The highest BCUT2D eigenvalue weighted by Crippen LogP contribution is 2.30. The molecule has 1 N–H and O–H groups in total. The summed E-state index contributed by atoms with van der Waals surface area (Å²) < 4.78 is 37.4. The summed E-state index contributed by atoms with van der Waals surface area (Å²) in [6, 6.07) is 9.27. The molecule has 1 aromatic heterocycles. The normalized spacial score (nSPS) is 13.1. The standard InChI is InChI=1S/C19H17F2N3O2S/c20-15-3-1-12(2-4-15)7-17-23-24-19(27-17)22-6-5-13-8-16(21)9-14-10-25-11-26-18(13)14/h1-4,8-9H,5-7,10-11H2,(H,22,24). The van der Waals surface area contributed by atoms with Crippen LogP contribution in [0.1, 0.15) is 21.7 Å². The fourth-order valence-electron chi connectivity index (χ4n) is 2.92. The Kier molecular flexibility index (Phi) is 5.26. The third-order valence-electron chi connectivity index (χ3n) is 4.16. The van der Waals surface area contributed by atoms with Gasteiger partial charge in [-0.15, -0.1) is 10.2 Å². The minimum Gasteiger partial charge on any atom is -0.467 e. The number of halogens is 2. The van der Waals surface area contributed by atoms with Crippen molar-refractivity contribution in [2.24, 2.45) is 0 Å². The average Bonchev–Trinajstić information content (AvgIpc) is 3.11. The molecular formula is C19H17F2N3O2S. The molecule has 0 aliphatic carbocycles. The molecule has 0 atom stereocenters. The van der Waals surface area contributed by atoms with E-state index < -0.39 is 0 Å². The number of aromatic nitrogens is 2. The van der Waals surface area contributed by atoms with Gasteiger partial charge in [-0.25, -0.2) is 8.78 Å². The average molecular weight is 389 g/mol. The van der Waals surface area contributed by atoms with Crippen LogP contribution in [0, 0.1) is 11.6 Å². The van der Waals surface area contributed by atoms with E-state index in [-0.39, 0.29) is 18.4 Å². The predicted octanol–water partition coefficient (Wildman–Crippen LogP) is 3.93. The van der Waals surface area contributed by atoms with Gasteiger partial charge in [-0.1, -0.05) is 23.5 Å². The van der Waals surface area contributed by atoms with E-state index in [2.05, 4.69) is 15.5 Å².